The van der Waals surface area contributed by atoms with Crippen LogP contribution in [0.3, 0.4) is 0 Å². The molecule has 0 aromatic carbocycles. The SMILES string of the molecule is CCC=C(C(C)CC)C(C)CCCC(C)CCC. The molecule has 0 aliphatic carbocycles. The lowest BCUT2D eigenvalue weighted by Gasteiger charge is -2.22. The normalized spacial score (nSPS) is 17.6. The van der Waals surface area contributed by atoms with Gasteiger partial charge in [-0.25, -0.2) is 0 Å². The zero-order valence-corrected chi connectivity index (χ0v) is 13.8. The summed E-state index contributed by atoms with van der Waals surface area (Å²) in [5.41, 5.74) is 1.71. The Kier molecular flexibility index (Phi) is 10.5. The van der Waals surface area contributed by atoms with Gasteiger partial charge in [-0.15, -0.1) is 0 Å². The van der Waals surface area contributed by atoms with Crippen LogP contribution in [-0.2, 0) is 0 Å². The van der Waals surface area contributed by atoms with Gasteiger partial charge in [-0.05, 0) is 37.0 Å². The first kappa shape index (κ1) is 17.7. The van der Waals surface area contributed by atoms with Crippen molar-refractivity contribution in [3.63, 3.8) is 0 Å². The number of rotatable bonds is 10. The van der Waals surface area contributed by atoms with Crippen LogP contribution in [0.25, 0.3) is 0 Å². The highest BCUT2D eigenvalue weighted by Gasteiger charge is 2.14. The Labute approximate surface area is 116 Å². The molecular weight excluding hydrogens is 216 g/mol. The maximum Gasteiger partial charge on any atom is -0.0229 e. The third-order valence-electron chi connectivity index (χ3n) is 4.31. The topological polar surface area (TPSA) is 0 Å². The largest absolute Gasteiger partial charge is 0.0851 e. The first-order valence-corrected chi connectivity index (χ1v) is 8.26. The third-order valence-corrected chi connectivity index (χ3v) is 4.31. The van der Waals surface area contributed by atoms with Gasteiger partial charge in [0.2, 0.25) is 0 Å². The fourth-order valence-electron chi connectivity index (χ4n) is 2.94. The van der Waals surface area contributed by atoms with Gasteiger partial charge in [-0.3, -0.25) is 0 Å². The van der Waals surface area contributed by atoms with E-state index in [1.54, 1.807) is 5.57 Å². The van der Waals surface area contributed by atoms with E-state index in [4.69, 9.17) is 0 Å². The van der Waals surface area contributed by atoms with E-state index in [0.29, 0.717) is 0 Å². The van der Waals surface area contributed by atoms with Crippen molar-refractivity contribution in [3.05, 3.63) is 11.6 Å². The van der Waals surface area contributed by atoms with Crippen LogP contribution in [0.5, 0.6) is 0 Å². The predicted octanol–water partition coefficient (Wildman–Crippen LogP) is 6.61. The second-order valence-corrected chi connectivity index (χ2v) is 6.15. The Morgan fingerprint density at radius 1 is 0.889 bits per heavy atom. The van der Waals surface area contributed by atoms with Crippen molar-refractivity contribution in [2.75, 3.05) is 0 Å². The fraction of sp³-hybridized carbons (Fsp3) is 0.889. The molecule has 0 aliphatic rings. The van der Waals surface area contributed by atoms with Gasteiger partial charge in [0.05, 0.1) is 0 Å². The molecule has 0 aliphatic heterocycles. The average Bonchev–Trinajstić information content (AvgIpc) is 2.35. The number of hydrogen-bond donors (Lipinski definition) is 0. The van der Waals surface area contributed by atoms with Crippen LogP contribution in [0.2, 0.25) is 0 Å². The van der Waals surface area contributed by atoms with Gasteiger partial charge < -0.3 is 0 Å². The van der Waals surface area contributed by atoms with Gasteiger partial charge in [0.1, 0.15) is 0 Å². The zero-order valence-electron chi connectivity index (χ0n) is 13.8. The van der Waals surface area contributed by atoms with Crippen molar-refractivity contribution in [1.82, 2.24) is 0 Å². The summed E-state index contributed by atoms with van der Waals surface area (Å²) < 4.78 is 0. The van der Waals surface area contributed by atoms with Gasteiger partial charge in [0, 0.05) is 0 Å². The number of allylic oxidation sites excluding steroid dienone is 2. The molecule has 0 nitrogen and oxygen atoms in total. The summed E-state index contributed by atoms with van der Waals surface area (Å²) >= 11 is 0. The molecule has 0 bridgehead atoms. The Bertz CT molecular complexity index is 214. The molecule has 18 heavy (non-hydrogen) atoms. The van der Waals surface area contributed by atoms with Crippen molar-refractivity contribution in [1.29, 1.82) is 0 Å². The van der Waals surface area contributed by atoms with E-state index in [-0.39, 0.29) is 0 Å². The van der Waals surface area contributed by atoms with Gasteiger partial charge in [0.25, 0.3) is 0 Å². The summed E-state index contributed by atoms with van der Waals surface area (Å²) in [5, 5.41) is 0. The molecule has 108 valence electrons. The molecule has 3 unspecified atom stereocenters. The molecule has 0 spiro atoms. The summed E-state index contributed by atoms with van der Waals surface area (Å²) in [5.74, 6) is 2.48. The lowest BCUT2D eigenvalue weighted by molar-refractivity contribution is 0.425. The fourth-order valence-corrected chi connectivity index (χ4v) is 2.94. The van der Waals surface area contributed by atoms with Crippen LogP contribution in [0.4, 0.5) is 0 Å². The van der Waals surface area contributed by atoms with Crippen molar-refractivity contribution in [2.24, 2.45) is 17.8 Å². The maximum absolute atomic E-state index is 2.48. The first-order valence-electron chi connectivity index (χ1n) is 8.26. The summed E-state index contributed by atoms with van der Waals surface area (Å²) in [6, 6.07) is 0. The minimum atomic E-state index is 0.771. The van der Waals surface area contributed by atoms with E-state index in [9.17, 15) is 0 Å². The molecule has 0 radical (unpaired) electrons. The number of hydrogen-bond acceptors (Lipinski definition) is 0. The molecular formula is C18H36. The first-order chi connectivity index (χ1) is 8.56. The molecule has 0 saturated heterocycles. The summed E-state index contributed by atoms with van der Waals surface area (Å²) in [6.07, 6.45) is 11.9. The van der Waals surface area contributed by atoms with Crippen molar-refractivity contribution < 1.29 is 0 Å². The lowest BCUT2D eigenvalue weighted by Crippen LogP contribution is -2.08. The summed E-state index contributed by atoms with van der Waals surface area (Å²) in [7, 11) is 0. The van der Waals surface area contributed by atoms with Crippen molar-refractivity contribution in [3.8, 4) is 0 Å². The van der Waals surface area contributed by atoms with E-state index in [2.05, 4.69) is 47.6 Å². The molecule has 0 amide bonds. The van der Waals surface area contributed by atoms with Crippen LogP contribution in [0.1, 0.15) is 86.5 Å². The van der Waals surface area contributed by atoms with Gasteiger partial charge in [-0.2, -0.15) is 0 Å². The molecule has 0 saturated carbocycles. The third kappa shape index (κ3) is 7.24. The van der Waals surface area contributed by atoms with E-state index in [1.807, 2.05) is 0 Å². The van der Waals surface area contributed by atoms with E-state index in [0.717, 1.165) is 17.8 Å². The van der Waals surface area contributed by atoms with Crippen LogP contribution in [0, 0.1) is 17.8 Å². The molecule has 3 atom stereocenters. The van der Waals surface area contributed by atoms with Crippen molar-refractivity contribution in [2.45, 2.75) is 86.5 Å². The van der Waals surface area contributed by atoms with Crippen LogP contribution in [0.15, 0.2) is 11.6 Å². The molecule has 0 aromatic heterocycles. The summed E-state index contributed by atoms with van der Waals surface area (Å²) in [4.78, 5) is 0. The quantitative estimate of drug-likeness (QED) is 0.384. The molecule has 0 aromatic rings. The highest BCUT2D eigenvalue weighted by molar-refractivity contribution is 5.09. The lowest BCUT2D eigenvalue weighted by atomic mass is 9.84. The minimum absolute atomic E-state index is 0.771. The van der Waals surface area contributed by atoms with E-state index >= 15 is 0 Å². The van der Waals surface area contributed by atoms with Crippen LogP contribution >= 0.6 is 0 Å². The summed E-state index contributed by atoms with van der Waals surface area (Å²) in [6.45, 7) is 14.1. The molecule has 0 heterocycles. The highest BCUT2D eigenvalue weighted by atomic mass is 14.2. The second-order valence-electron chi connectivity index (χ2n) is 6.15. The monoisotopic (exact) mass is 252 g/mol. The maximum atomic E-state index is 2.48. The zero-order chi connectivity index (χ0) is 14.0. The predicted molar refractivity (Wildman–Crippen MR) is 84.9 cm³/mol. The van der Waals surface area contributed by atoms with E-state index < -0.39 is 0 Å². The van der Waals surface area contributed by atoms with Crippen molar-refractivity contribution >= 4 is 0 Å². The van der Waals surface area contributed by atoms with E-state index in [1.165, 1.54) is 44.9 Å². The smallest absolute Gasteiger partial charge is 0.0229 e. The Morgan fingerprint density at radius 2 is 1.56 bits per heavy atom. The van der Waals surface area contributed by atoms with Crippen LogP contribution in [-0.4, -0.2) is 0 Å². The standard InChI is InChI=1S/C18H36/c1-7-11-15(4)13-10-14-17(6)18(12-8-2)16(5)9-3/h12,15-17H,7-11,13-14H2,1-6H3. The Balaban J connectivity index is 4.11. The molecule has 0 rings (SSSR count). The minimum Gasteiger partial charge on any atom is -0.0851 e. The molecule has 0 fully saturated rings. The second kappa shape index (κ2) is 10.6. The van der Waals surface area contributed by atoms with Gasteiger partial charge >= 0.3 is 0 Å². The average molecular weight is 252 g/mol. The van der Waals surface area contributed by atoms with Crippen LogP contribution < -0.4 is 0 Å². The highest BCUT2D eigenvalue weighted by Crippen LogP contribution is 2.28. The van der Waals surface area contributed by atoms with Gasteiger partial charge in [0.15, 0.2) is 0 Å². The Hall–Kier alpha value is -0.260. The van der Waals surface area contributed by atoms with Gasteiger partial charge in [-0.1, -0.05) is 78.9 Å². The molecule has 0 N–H and O–H groups in total. The Morgan fingerprint density at radius 3 is 2.06 bits per heavy atom. The molecule has 0 heteroatoms.